The number of halogens is 1. The number of anilines is 1. The number of phenolic OH excluding ortho intramolecular Hbond substituents is 1. The summed E-state index contributed by atoms with van der Waals surface area (Å²) in [6.07, 6.45) is 0.873. The van der Waals surface area contributed by atoms with E-state index in [1.54, 1.807) is 26.4 Å². The SMILES string of the molecule is COc1cc(C2Nc3ccc(C(=N)N)cc3C3c4ccccc4CC23)c(-c2cc(Cl)ccc2OC)cc1O. The van der Waals surface area contributed by atoms with E-state index >= 15 is 0 Å². The van der Waals surface area contributed by atoms with Crippen LogP contribution in [0, 0.1) is 11.3 Å². The molecule has 0 spiro atoms. The zero-order chi connectivity index (χ0) is 26.6. The van der Waals surface area contributed by atoms with Gasteiger partial charge in [0.25, 0.3) is 0 Å². The maximum atomic E-state index is 10.8. The number of methoxy groups -OCH3 is 2. The highest BCUT2D eigenvalue weighted by Crippen LogP contribution is 2.56. The minimum Gasteiger partial charge on any atom is -0.504 e. The number of aromatic hydroxyl groups is 1. The monoisotopic (exact) mass is 525 g/mol. The first kappa shape index (κ1) is 24.2. The maximum absolute atomic E-state index is 10.8. The van der Waals surface area contributed by atoms with Crippen molar-refractivity contribution in [2.45, 2.75) is 18.4 Å². The Bertz CT molecular complexity index is 1590. The third-order valence-electron chi connectivity index (χ3n) is 7.85. The van der Waals surface area contributed by atoms with E-state index in [9.17, 15) is 5.11 Å². The molecule has 38 heavy (non-hydrogen) atoms. The molecule has 0 saturated heterocycles. The molecule has 0 fully saturated rings. The van der Waals surface area contributed by atoms with Crippen molar-refractivity contribution in [3.05, 3.63) is 106 Å². The molecule has 2 aliphatic rings. The lowest BCUT2D eigenvalue weighted by molar-refractivity contribution is 0.370. The lowest BCUT2D eigenvalue weighted by atomic mass is 9.74. The summed E-state index contributed by atoms with van der Waals surface area (Å²) in [5, 5.41) is 23.2. The van der Waals surface area contributed by atoms with E-state index < -0.39 is 0 Å². The summed E-state index contributed by atoms with van der Waals surface area (Å²) >= 11 is 6.43. The number of rotatable bonds is 5. The second-order valence-electron chi connectivity index (χ2n) is 9.84. The fraction of sp³-hybridized carbons (Fsp3) is 0.194. The van der Waals surface area contributed by atoms with Crippen LogP contribution in [0.3, 0.4) is 0 Å². The smallest absolute Gasteiger partial charge is 0.160 e. The molecule has 4 aromatic rings. The van der Waals surface area contributed by atoms with Crippen LogP contribution in [0.15, 0.2) is 72.8 Å². The molecular formula is C31H28ClN3O3. The predicted molar refractivity (Wildman–Crippen MR) is 151 cm³/mol. The van der Waals surface area contributed by atoms with Crippen molar-refractivity contribution in [2.75, 3.05) is 19.5 Å². The van der Waals surface area contributed by atoms with E-state index in [4.69, 9.17) is 32.2 Å². The van der Waals surface area contributed by atoms with E-state index in [0.29, 0.717) is 22.1 Å². The Hall–Kier alpha value is -4.16. The minimum atomic E-state index is -0.115. The number of phenols is 1. The average molecular weight is 526 g/mol. The van der Waals surface area contributed by atoms with E-state index in [2.05, 4.69) is 29.6 Å². The Kier molecular flexibility index (Phi) is 5.92. The Balaban J connectivity index is 1.59. The zero-order valence-electron chi connectivity index (χ0n) is 21.1. The summed E-state index contributed by atoms with van der Waals surface area (Å²) in [4.78, 5) is 0. The van der Waals surface area contributed by atoms with Crippen LogP contribution >= 0.6 is 11.6 Å². The van der Waals surface area contributed by atoms with Crippen LogP contribution in [-0.2, 0) is 6.42 Å². The third kappa shape index (κ3) is 3.84. The van der Waals surface area contributed by atoms with Crippen LogP contribution in [0.5, 0.6) is 17.2 Å². The van der Waals surface area contributed by atoms with Crippen LogP contribution in [-0.4, -0.2) is 25.2 Å². The van der Waals surface area contributed by atoms with Gasteiger partial charge >= 0.3 is 0 Å². The number of hydrogen-bond acceptors (Lipinski definition) is 5. The van der Waals surface area contributed by atoms with Gasteiger partial charge in [-0.3, -0.25) is 5.41 Å². The maximum Gasteiger partial charge on any atom is 0.160 e. The molecule has 0 aromatic heterocycles. The topological polar surface area (TPSA) is 101 Å². The molecule has 192 valence electrons. The van der Waals surface area contributed by atoms with Crippen LogP contribution in [0.4, 0.5) is 5.69 Å². The van der Waals surface area contributed by atoms with Crippen LogP contribution in [0.1, 0.15) is 39.8 Å². The summed E-state index contributed by atoms with van der Waals surface area (Å²) in [7, 11) is 3.18. The van der Waals surface area contributed by atoms with Gasteiger partial charge in [0.05, 0.1) is 20.3 Å². The predicted octanol–water partition coefficient (Wildman–Crippen LogP) is 6.48. The first-order valence-electron chi connectivity index (χ1n) is 12.5. The summed E-state index contributed by atoms with van der Waals surface area (Å²) in [6.45, 7) is 0. The molecule has 4 aromatic carbocycles. The van der Waals surface area contributed by atoms with Crippen molar-refractivity contribution in [1.82, 2.24) is 0 Å². The number of nitrogen functional groups attached to an aromatic ring is 1. The quantitative estimate of drug-likeness (QED) is 0.176. The average Bonchev–Trinajstić information content (AvgIpc) is 3.32. The van der Waals surface area contributed by atoms with Gasteiger partial charge in [-0.2, -0.15) is 0 Å². The Morgan fingerprint density at radius 2 is 1.71 bits per heavy atom. The highest BCUT2D eigenvalue weighted by molar-refractivity contribution is 6.31. The molecule has 6 nitrogen and oxygen atoms in total. The molecule has 1 aliphatic carbocycles. The van der Waals surface area contributed by atoms with Crippen molar-refractivity contribution in [2.24, 2.45) is 11.7 Å². The van der Waals surface area contributed by atoms with E-state index in [1.165, 1.54) is 11.1 Å². The number of nitrogens with two attached hydrogens (primary N) is 1. The molecule has 0 saturated carbocycles. The fourth-order valence-electron chi connectivity index (χ4n) is 6.17. The molecule has 0 amide bonds. The highest BCUT2D eigenvalue weighted by Gasteiger charge is 2.44. The van der Waals surface area contributed by atoms with Gasteiger partial charge < -0.3 is 25.6 Å². The molecule has 0 radical (unpaired) electrons. The van der Waals surface area contributed by atoms with Gasteiger partial charge in [-0.05, 0) is 88.7 Å². The molecule has 7 heteroatoms. The molecule has 3 atom stereocenters. The lowest BCUT2D eigenvalue weighted by Gasteiger charge is -2.39. The van der Waals surface area contributed by atoms with Crippen LogP contribution in [0.25, 0.3) is 11.1 Å². The summed E-state index contributed by atoms with van der Waals surface area (Å²) in [5.41, 5.74) is 13.9. The van der Waals surface area contributed by atoms with Crippen molar-refractivity contribution < 1.29 is 14.6 Å². The lowest BCUT2D eigenvalue weighted by Crippen LogP contribution is -2.31. The van der Waals surface area contributed by atoms with E-state index in [1.807, 2.05) is 36.4 Å². The van der Waals surface area contributed by atoms with Crippen LogP contribution < -0.4 is 20.5 Å². The second-order valence-corrected chi connectivity index (χ2v) is 10.3. The van der Waals surface area contributed by atoms with Gasteiger partial charge in [-0.15, -0.1) is 0 Å². The number of fused-ring (bicyclic) bond motifs is 5. The van der Waals surface area contributed by atoms with Crippen molar-refractivity contribution >= 4 is 23.1 Å². The first-order chi connectivity index (χ1) is 18.4. The normalized spacial score (nSPS) is 19.1. The van der Waals surface area contributed by atoms with E-state index in [0.717, 1.165) is 34.4 Å². The minimum absolute atomic E-state index is 0.0434. The molecule has 6 rings (SSSR count). The number of hydrogen-bond donors (Lipinski definition) is 4. The molecular weight excluding hydrogens is 498 g/mol. The zero-order valence-corrected chi connectivity index (χ0v) is 21.8. The first-order valence-corrected chi connectivity index (χ1v) is 12.8. The standard InChI is InChI=1S/C31H28ClN3O3/c1-37-27-10-8-18(32)13-21(27)20-14-26(36)28(38-2)15-22(20)30-24-11-16-5-3-4-6-19(16)29(24)23-12-17(31(33)34)7-9-25(23)35-30/h3-10,12-15,24,29-30,35-36H,11H2,1-2H3,(H3,33,34). The molecule has 5 N–H and O–H groups in total. The number of amidine groups is 1. The van der Waals surface area contributed by atoms with Gasteiger partial charge in [0, 0.05) is 27.8 Å². The molecule has 1 aliphatic heterocycles. The molecule has 0 bridgehead atoms. The van der Waals surface area contributed by atoms with Gasteiger partial charge in [-0.25, -0.2) is 0 Å². The van der Waals surface area contributed by atoms with Gasteiger partial charge in [-0.1, -0.05) is 35.9 Å². The van der Waals surface area contributed by atoms with Gasteiger partial charge in [0.15, 0.2) is 11.5 Å². The van der Waals surface area contributed by atoms with Gasteiger partial charge in [0.1, 0.15) is 11.6 Å². The number of ether oxygens (including phenoxy) is 2. The van der Waals surface area contributed by atoms with Crippen molar-refractivity contribution in [3.63, 3.8) is 0 Å². The summed E-state index contributed by atoms with van der Waals surface area (Å²) in [5.74, 6) is 1.43. The van der Waals surface area contributed by atoms with E-state index in [-0.39, 0.29) is 29.5 Å². The number of benzene rings is 4. The third-order valence-corrected chi connectivity index (χ3v) is 8.08. The largest absolute Gasteiger partial charge is 0.504 e. The highest BCUT2D eigenvalue weighted by atomic mass is 35.5. The van der Waals surface area contributed by atoms with Gasteiger partial charge in [0.2, 0.25) is 0 Å². The fourth-order valence-corrected chi connectivity index (χ4v) is 6.34. The van der Waals surface area contributed by atoms with Crippen LogP contribution in [0.2, 0.25) is 5.02 Å². The van der Waals surface area contributed by atoms with Crippen molar-refractivity contribution in [3.8, 4) is 28.4 Å². The second kappa shape index (κ2) is 9.30. The Morgan fingerprint density at radius 3 is 2.47 bits per heavy atom. The molecule has 3 unspecified atom stereocenters. The Labute approximate surface area is 226 Å². The molecule has 1 heterocycles. The summed E-state index contributed by atoms with van der Waals surface area (Å²) < 4.78 is 11.3. The Morgan fingerprint density at radius 1 is 0.921 bits per heavy atom. The summed E-state index contributed by atoms with van der Waals surface area (Å²) in [6, 6.07) is 23.5. The number of nitrogens with one attached hydrogen (secondary N) is 2. The van der Waals surface area contributed by atoms with Crippen molar-refractivity contribution in [1.29, 1.82) is 5.41 Å².